The Morgan fingerprint density at radius 3 is 2.59 bits per heavy atom. The minimum absolute atomic E-state index is 0.0140. The van der Waals surface area contributed by atoms with Crippen molar-refractivity contribution in [1.29, 1.82) is 5.26 Å². The number of carbonyl (C=O) groups excluding carboxylic acids is 2. The number of nitrogens with one attached hydrogen (secondary N) is 1. The highest BCUT2D eigenvalue weighted by Gasteiger charge is 2.24. The van der Waals surface area contributed by atoms with Crippen LogP contribution in [0.4, 0.5) is 5.95 Å². The van der Waals surface area contributed by atoms with E-state index in [0.717, 1.165) is 0 Å². The summed E-state index contributed by atoms with van der Waals surface area (Å²) in [5.74, 6) is -0.570. The number of carbonyl (C=O) groups is 2. The summed E-state index contributed by atoms with van der Waals surface area (Å²) >= 11 is 0. The lowest BCUT2D eigenvalue weighted by Gasteiger charge is -2.25. The summed E-state index contributed by atoms with van der Waals surface area (Å²) < 4.78 is 0. The lowest BCUT2D eigenvalue weighted by molar-refractivity contribution is -0.130. The molecule has 2 heterocycles. The Kier molecular flexibility index (Phi) is 2.70. The van der Waals surface area contributed by atoms with E-state index in [1.807, 2.05) is 6.07 Å². The molecule has 0 unspecified atom stereocenters. The van der Waals surface area contributed by atoms with Crippen LogP contribution in [0, 0.1) is 18.3 Å². The molecule has 86 valence electrons. The molecule has 1 fully saturated rings. The van der Waals surface area contributed by atoms with Gasteiger partial charge in [0.2, 0.25) is 17.8 Å². The molecule has 0 saturated carbocycles. The highest BCUT2D eigenvalue weighted by atomic mass is 16.2. The van der Waals surface area contributed by atoms with E-state index in [4.69, 9.17) is 5.26 Å². The van der Waals surface area contributed by atoms with Crippen molar-refractivity contribution in [3.8, 4) is 6.07 Å². The fraction of sp³-hybridized carbons (Fsp3) is 0.300. The Balaban J connectivity index is 2.33. The Hall–Kier alpha value is -2.49. The predicted molar refractivity (Wildman–Crippen MR) is 56.8 cm³/mol. The highest BCUT2D eigenvalue weighted by molar-refractivity contribution is 6.02. The van der Waals surface area contributed by atoms with E-state index >= 15 is 0 Å². The highest BCUT2D eigenvalue weighted by Crippen LogP contribution is 2.11. The van der Waals surface area contributed by atoms with Crippen molar-refractivity contribution in [2.45, 2.75) is 6.92 Å². The second-order valence-corrected chi connectivity index (χ2v) is 3.63. The van der Waals surface area contributed by atoms with Crippen LogP contribution in [-0.2, 0) is 9.59 Å². The summed E-state index contributed by atoms with van der Waals surface area (Å²) in [6.07, 6.45) is 0. The number of piperazine rings is 1. The number of nitrogens with zero attached hydrogens (tertiary/aromatic N) is 4. The van der Waals surface area contributed by atoms with Crippen LogP contribution in [-0.4, -0.2) is 34.9 Å². The minimum atomic E-state index is -0.398. The van der Waals surface area contributed by atoms with Crippen molar-refractivity contribution in [1.82, 2.24) is 15.3 Å². The molecule has 2 rings (SSSR count). The molecule has 7 nitrogen and oxygen atoms in total. The van der Waals surface area contributed by atoms with Gasteiger partial charge in [-0.2, -0.15) is 5.26 Å². The molecular weight excluding hydrogens is 222 g/mol. The number of hydrogen-bond acceptors (Lipinski definition) is 6. The fourth-order valence-electron chi connectivity index (χ4n) is 1.53. The van der Waals surface area contributed by atoms with Crippen LogP contribution in [0.15, 0.2) is 6.07 Å². The zero-order valence-electron chi connectivity index (χ0n) is 9.10. The Morgan fingerprint density at radius 2 is 2.00 bits per heavy atom. The summed E-state index contributed by atoms with van der Waals surface area (Å²) in [7, 11) is 0. The summed E-state index contributed by atoms with van der Waals surface area (Å²) in [4.78, 5) is 31.9. The number of nitriles is 1. The molecule has 17 heavy (non-hydrogen) atoms. The Labute approximate surface area is 97.1 Å². The third kappa shape index (κ3) is 2.36. The van der Waals surface area contributed by atoms with Crippen molar-refractivity contribution < 1.29 is 9.59 Å². The van der Waals surface area contributed by atoms with Crippen molar-refractivity contribution in [2.75, 3.05) is 18.0 Å². The van der Waals surface area contributed by atoms with Crippen LogP contribution in [0.25, 0.3) is 0 Å². The van der Waals surface area contributed by atoms with Gasteiger partial charge in [-0.05, 0) is 13.0 Å². The summed E-state index contributed by atoms with van der Waals surface area (Å²) in [5, 5.41) is 11.0. The first-order valence-electron chi connectivity index (χ1n) is 4.92. The molecule has 0 aliphatic carbocycles. The Morgan fingerprint density at radius 1 is 1.35 bits per heavy atom. The molecule has 1 N–H and O–H groups in total. The normalized spacial score (nSPS) is 15.4. The summed E-state index contributed by atoms with van der Waals surface area (Å²) in [5.41, 5.74) is 0.830. The maximum absolute atomic E-state index is 11.2. The topological polar surface area (TPSA) is 99.0 Å². The van der Waals surface area contributed by atoms with E-state index in [1.165, 1.54) is 11.0 Å². The molecular formula is C10H9N5O2. The molecule has 2 amide bonds. The van der Waals surface area contributed by atoms with Crippen LogP contribution in [0.2, 0.25) is 0 Å². The van der Waals surface area contributed by atoms with E-state index in [1.54, 1.807) is 6.92 Å². The predicted octanol–water partition coefficient (Wildman–Crippen LogP) is -0.881. The molecule has 7 heteroatoms. The summed E-state index contributed by atoms with van der Waals surface area (Å²) in [6, 6.07) is 3.44. The van der Waals surface area contributed by atoms with Crippen molar-refractivity contribution in [2.24, 2.45) is 0 Å². The lowest BCUT2D eigenvalue weighted by atomic mass is 10.3. The monoisotopic (exact) mass is 231 g/mol. The molecule has 0 radical (unpaired) electrons. The number of rotatable bonds is 1. The molecule has 1 aliphatic heterocycles. The molecule has 1 aromatic heterocycles. The van der Waals surface area contributed by atoms with Gasteiger partial charge in [0, 0.05) is 5.69 Å². The molecule has 0 spiro atoms. The third-order valence-electron chi connectivity index (χ3n) is 2.19. The van der Waals surface area contributed by atoms with Crippen LogP contribution in [0.5, 0.6) is 0 Å². The smallest absolute Gasteiger partial charge is 0.246 e. The number of aromatic nitrogens is 2. The van der Waals surface area contributed by atoms with Gasteiger partial charge < -0.3 is 4.90 Å². The molecule has 0 atom stereocenters. The van der Waals surface area contributed by atoms with Gasteiger partial charge in [0.15, 0.2) is 0 Å². The van der Waals surface area contributed by atoms with Gasteiger partial charge in [0.25, 0.3) is 0 Å². The average molecular weight is 231 g/mol. The Bertz CT molecular complexity index is 518. The standard InChI is InChI=1S/C10H9N5O2/c1-6-2-7(3-11)13-10(12-6)15-4-8(16)14-9(17)5-15/h2H,4-5H2,1H3,(H,14,16,17). The first-order chi connectivity index (χ1) is 8.08. The molecule has 1 aromatic rings. The second kappa shape index (κ2) is 4.17. The lowest BCUT2D eigenvalue weighted by Crippen LogP contribution is -2.52. The van der Waals surface area contributed by atoms with Crippen molar-refractivity contribution >= 4 is 17.8 Å². The third-order valence-corrected chi connectivity index (χ3v) is 2.19. The molecule has 0 aromatic carbocycles. The quantitative estimate of drug-likeness (QED) is 0.630. The van der Waals surface area contributed by atoms with Crippen LogP contribution >= 0.6 is 0 Å². The van der Waals surface area contributed by atoms with E-state index < -0.39 is 11.8 Å². The zero-order chi connectivity index (χ0) is 12.4. The first kappa shape index (κ1) is 11.0. The maximum atomic E-state index is 11.2. The molecule has 1 aliphatic rings. The van der Waals surface area contributed by atoms with Gasteiger partial charge in [0.1, 0.15) is 24.9 Å². The van der Waals surface area contributed by atoms with Gasteiger partial charge in [-0.1, -0.05) is 0 Å². The van der Waals surface area contributed by atoms with Gasteiger partial charge in [-0.3, -0.25) is 14.9 Å². The maximum Gasteiger partial charge on any atom is 0.246 e. The largest absolute Gasteiger partial charge is 0.322 e. The first-order valence-corrected chi connectivity index (χ1v) is 4.92. The van der Waals surface area contributed by atoms with E-state index in [-0.39, 0.29) is 24.7 Å². The van der Waals surface area contributed by atoms with Crippen LogP contribution in [0.1, 0.15) is 11.4 Å². The van der Waals surface area contributed by atoms with E-state index in [0.29, 0.717) is 5.69 Å². The van der Waals surface area contributed by atoms with Gasteiger partial charge in [-0.25, -0.2) is 9.97 Å². The molecule has 1 saturated heterocycles. The zero-order valence-corrected chi connectivity index (χ0v) is 9.10. The number of imide groups is 1. The van der Waals surface area contributed by atoms with Gasteiger partial charge in [0.05, 0.1) is 0 Å². The van der Waals surface area contributed by atoms with E-state index in [9.17, 15) is 9.59 Å². The van der Waals surface area contributed by atoms with E-state index in [2.05, 4.69) is 15.3 Å². The van der Waals surface area contributed by atoms with Crippen LogP contribution < -0.4 is 10.2 Å². The summed E-state index contributed by atoms with van der Waals surface area (Å²) in [6.45, 7) is 1.75. The van der Waals surface area contributed by atoms with Gasteiger partial charge >= 0.3 is 0 Å². The number of amides is 2. The molecule has 0 bridgehead atoms. The number of aryl methyl sites for hydroxylation is 1. The van der Waals surface area contributed by atoms with Crippen molar-refractivity contribution in [3.63, 3.8) is 0 Å². The second-order valence-electron chi connectivity index (χ2n) is 3.63. The minimum Gasteiger partial charge on any atom is -0.322 e. The van der Waals surface area contributed by atoms with Gasteiger partial charge in [-0.15, -0.1) is 0 Å². The van der Waals surface area contributed by atoms with Crippen LogP contribution in [0.3, 0.4) is 0 Å². The average Bonchev–Trinajstić information content (AvgIpc) is 2.26. The van der Waals surface area contributed by atoms with Crippen molar-refractivity contribution in [3.05, 3.63) is 17.5 Å². The number of anilines is 1. The fourth-order valence-corrected chi connectivity index (χ4v) is 1.53. The number of hydrogen-bond donors (Lipinski definition) is 1. The SMILES string of the molecule is Cc1cc(C#N)nc(N2CC(=O)NC(=O)C2)n1.